The van der Waals surface area contributed by atoms with Crippen LogP contribution >= 0.6 is 0 Å². The molecule has 1 nitrogen and oxygen atoms in total. The second-order valence-electron chi connectivity index (χ2n) is 11.5. The van der Waals surface area contributed by atoms with Crippen LogP contribution in [0.15, 0.2) is 186 Å². The number of hydrogen-bond donors (Lipinski definition) is 0. The third-order valence-electron chi connectivity index (χ3n) is 8.84. The van der Waals surface area contributed by atoms with Crippen molar-refractivity contribution in [3.63, 3.8) is 0 Å². The highest BCUT2D eigenvalue weighted by Gasteiger charge is 2.21. The van der Waals surface area contributed by atoms with Crippen LogP contribution in [0.2, 0.25) is 0 Å². The van der Waals surface area contributed by atoms with Crippen LogP contribution < -0.4 is 0 Å². The number of fused-ring (bicyclic) bond motifs is 9. The highest BCUT2D eigenvalue weighted by molar-refractivity contribution is 6.26. The Morgan fingerprint density at radius 3 is 1.71 bits per heavy atom. The molecule has 0 radical (unpaired) electrons. The molecule has 0 atom stereocenters. The molecule has 0 spiro atoms. The van der Waals surface area contributed by atoms with Crippen LogP contribution in [-0.4, -0.2) is 0 Å². The Balaban J connectivity index is 1.46. The van der Waals surface area contributed by atoms with Gasteiger partial charge in [-0.05, 0) is 100 Å². The first-order valence-electron chi connectivity index (χ1n) is 28.9. The van der Waals surface area contributed by atoms with E-state index >= 15 is 0 Å². The van der Waals surface area contributed by atoms with Crippen molar-refractivity contribution in [1.29, 1.82) is 0 Å². The fourth-order valence-corrected chi connectivity index (χ4v) is 6.74. The Kier molecular flexibility index (Phi) is 2.69. The zero-order valence-electron chi connectivity index (χ0n) is 52.6. The van der Waals surface area contributed by atoms with E-state index < -0.39 is 234 Å². The molecule has 0 fully saturated rings. The Morgan fingerprint density at radius 2 is 0.961 bits per heavy atom. The molecule has 0 saturated heterocycles. The summed E-state index contributed by atoms with van der Waals surface area (Å²) < 4.78 is 252. The van der Waals surface area contributed by atoms with E-state index in [0.29, 0.717) is 0 Å². The predicted molar refractivity (Wildman–Crippen MR) is 218 cm³/mol. The molecular weight excluding hydrogens is 617 g/mol. The van der Waals surface area contributed by atoms with Crippen LogP contribution in [0.4, 0.5) is 0 Å². The van der Waals surface area contributed by atoms with E-state index in [9.17, 15) is 16.4 Å². The summed E-state index contributed by atoms with van der Waals surface area (Å²) >= 11 is 0. The fourth-order valence-electron chi connectivity index (χ4n) is 6.74. The van der Waals surface area contributed by atoms with E-state index in [0.717, 1.165) is 0 Å². The highest BCUT2D eigenvalue weighted by atomic mass is 16.3. The van der Waals surface area contributed by atoms with Gasteiger partial charge in [0.2, 0.25) is 0 Å². The molecule has 11 rings (SSSR count). The monoisotopic (exact) mass is 673 g/mol. The van der Waals surface area contributed by atoms with Crippen LogP contribution in [0.25, 0.3) is 109 Å². The highest BCUT2D eigenvalue weighted by Crippen LogP contribution is 2.48. The van der Waals surface area contributed by atoms with Gasteiger partial charge in [-0.3, -0.25) is 0 Å². The maximum absolute atomic E-state index is 9.82. The van der Waals surface area contributed by atoms with Crippen LogP contribution in [0, 0.1) is 0 Å². The molecule has 10 aromatic carbocycles. The van der Waals surface area contributed by atoms with Gasteiger partial charge < -0.3 is 4.42 Å². The lowest BCUT2D eigenvalue weighted by Crippen LogP contribution is -1.93. The zero-order valence-corrected chi connectivity index (χ0v) is 25.6. The SMILES string of the molecule is [2H]c1c([2H])c([2H])c2c([2H])c(-c3c4c([2H])c([2H])c([2H])c([2H])c4c(-c4c([2H])c([2H])c([2H])c5c([2H])c([2H])c([2H])c(-c6cccc7oc8c9c([2H])c([2H])c([2H])c([2H])c9c([2H])c([2H])c8c67)c45)c4c([2H])c([2H])c([2H])c([2H])c34)c([2H])c([2H])c2c1[2H]. The van der Waals surface area contributed by atoms with Gasteiger partial charge >= 0.3 is 0 Å². The van der Waals surface area contributed by atoms with Gasteiger partial charge in [-0.2, -0.15) is 0 Å². The number of rotatable bonds is 3. The smallest absolute Gasteiger partial charge is 0.143 e. The summed E-state index contributed by atoms with van der Waals surface area (Å²) in [6.07, 6.45) is 0. The minimum Gasteiger partial charge on any atom is -0.455 e. The average Bonchev–Trinajstić information content (AvgIpc) is 3.87. The molecule has 0 aliphatic rings. The average molecular weight is 674 g/mol. The molecule has 51 heavy (non-hydrogen) atoms. The van der Waals surface area contributed by atoms with Gasteiger partial charge in [0, 0.05) is 16.2 Å². The maximum Gasteiger partial charge on any atom is 0.143 e. The van der Waals surface area contributed by atoms with Crippen molar-refractivity contribution in [2.45, 2.75) is 0 Å². The summed E-state index contributed by atoms with van der Waals surface area (Å²) in [5, 5.41) is -6.31. The summed E-state index contributed by atoms with van der Waals surface area (Å²) in [5.74, 6) is 0. The third-order valence-corrected chi connectivity index (χ3v) is 8.84. The maximum atomic E-state index is 9.82. The second kappa shape index (κ2) is 10.9. The standard InChI is InChI=1S/C50H30O/c1-2-14-34-30-35(27-26-31(34)12-1)47-37-18-5-7-20-40(37)48(41-21-8-6-19-38(41)47)43-24-10-16-33-15-9-22-39(46(33)43)42-23-11-25-45-49(42)44-29-28-32-13-3-4-17-36(32)50(44)51-45/h1-30H/i1D,2D,3D,4D,5D,6D,7D,8D,9D,10D,12D,13D,14D,15D,16D,17D,18D,19D,20D,21D,22D,24D,26D,27D,28D,29D,30D. The number of furan rings is 1. The molecule has 1 heteroatoms. The van der Waals surface area contributed by atoms with Crippen molar-refractivity contribution in [3.05, 3.63) is 181 Å². The van der Waals surface area contributed by atoms with Crippen LogP contribution in [0.1, 0.15) is 37.0 Å². The van der Waals surface area contributed by atoms with E-state index in [1.807, 2.05) is 0 Å². The first kappa shape index (κ1) is 12.6. The van der Waals surface area contributed by atoms with E-state index in [-0.39, 0.29) is 38.3 Å². The summed E-state index contributed by atoms with van der Waals surface area (Å²) in [6.45, 7) is 0. The van der Waals surface area contributed by atoms with E-state index in [2.05, 4.69) is 0 Å². The van der Waals surface area contributed by atoms with Gasteiger partial charge in [0.05, 0.1) is 37.0 Å². The number of hydrogen-bond acceptors (Lipinski definition) is 1. The van der Waals surface area contributed by atoms with Crippen molar-refractivity contribution in [2.24, 2.45) is 0 Å². The third kappa shape index (κ3) is 4.16. The molecule has 0 bridgehead atoms. The van der Waals surface area contributed by atoms with Crippen molar-refractivity contribution < 1.29 is 41.4 Å². The second-order valence-corrected chi connectivity index (χ2v) is 11.5. The minimum atomic E-state index is -0.991. The lowest BCUT2D eigenvalue weighted by molar-refractivity contribution is 0.673. The molecule has 1 heterocycles. The molecule has 11 aromatic rings. The van der Waals surface area contributed by atoms with Crippen molar-refractivity contribution in [1.82, 2.24) is 0 Å². The zero-order chi connectivity index (χ0) is 57.0. The van der Waals surface area contributed by atoms with E-state index in [1.54, 1.807) is 0 Å². The molecule has 0 N–H and O–H groups in total. The molecule has 1 aromatic heterocycles. The predicted octanol–water partition coefficient (Wildman–Crippen LogP) is 14.4. The van der Waals surface area contributed by atoms with Crippen molar-refractivity contribution >= 4 is 75.8 Å². The molecule has 0 aliphatic carbocycles. The number of benzene rings is 10. The van der Waals surface area contributed by atoms with Gasteiger partial charge in [0.1, 0.15) is 11.2 Å². The normalized spacial score (nSPS) is 19.3. The topological polar surface area (TPSA) is 13.1 Å². The van der Waals surface area contributed by atoms with E-state index in [1.165, 1.54) is 18.2 Å². The molecular formula is C50H30O. The van der Waals surface area contributed by atoms with Crippen molar-refractivity contribution in [3.8, 4) is 33.4 Å². The van der Waals surface area contributed by atoms with Crippen LogP contribution in [0.3, 0.4) is 0 Å². The Bertz CT molecular complexity index is 4660. The lowest BCUT2D eigenvalue weighted by Gasteiger charge is -2.20. The molecule has 0 saturated carbocycles. The molecule has 236 valence electrons. The lowest BCUT2D eigenvalue weighted by atomic mass is 9.83. The van der Waals surface area contributed by atoms with E-state index in [4.69, 9.17) is 25.0 Å². The molecule has 0 aliphatic heterocycles. The van der Waals surface area contributed by atoms with Gasteiger partial charge in [0.25, 0.3) is 0 Å². The Hall–Kier alpha value is -6.70. The molecule has 0 amide bonds. The van der Waals surface area contributed by atoms with Crippen LogP contribution in [-0.2, 0) is 0 Å². The largest absolute Gasteiger partial charge is 0.455 e. The summed E-state index contributed by atoms with van der Waals surface area (Å²) in [6, 6.07) is -19.3. The quantitative estimate of drug-likeness (QED) is 0.170. The van der Waals surface area contributed by atoms with Gasteiger partial charge in [0.15, 0.2) is 0 Å². The van der Waals surface area contributed by atoms with Gasteiger partial charge in [-0.1, -0.05) is 163 Å². The Morgan fingerprint density at radius 1 is 0.373 bits per heavy atom. The first-order valence-corrected chi connectivity index (χ1v) is 15.4. The summed E-state index contributed by atoms with van der Waals surface area (Å²) in [4.78, 5) is 0. The van der Waals surface area contributed by atoms with Gasteiger partial charge in [-0.25, -0.2) is 0 Å². The fraction of sp³-hybridized carbons (Fsp3) is 0. The Labute approximate surface area is 332 Å². The van der Waals surface area contributed by atoms with Crippen molar-refractivity contribution in [2.75, 3.05) is 0 Å². The first-order chi connectivity index (χ1) is 36.6. The minimum absolute atomic E-state index is 0.130. The summed E-state index contributed by atoms with van der Waals surface area (Å²) in [5.41, 5.74) is -3.99. The van der Waals surface area contributed by atoms with Crippen LogP contribution in [0.5, 0.6) is 0 Å². The van der Waals surface area contributed by atoms with Gasteiger partial charge in [-0.15, -0.1) is 0 Å². The molecule has 0 unspecified atom stereocenters. The summed E-state index contributed by atoms with van der Waals surface area (Å²) in [7, 11) is 0.